The third-order valence-corrected chi connectivity index (χ3v) is 4.90. The summed E-state index contributed by atoms with van der Waals surface area (Å²) in [5, 5.41) is 15.3. The molecule has 0 bridgehead atoms. The SMILES string of the molecule is CC(COC1CCOC1)NC(=O)CC(NC(=O)c1ccc(O)cc1)c1ccccc1. The zero-order valence-corrected chi connectivity index (χ0v) is 17.0. The number of aromatic hydroxyl groups is 1. The van der Waals surface area contributed by atoms with Gasteiger partial charge in [0, 0.05) is 18.2 Å². The van der Waals surface area contributed by atoms with Gasteiger partial charge in [-0.2, -0.15) is 0 Å². The summed E-state index contributed by atoms with van der Waals surface area (Å²) >= 11 is 0. The second-order valence-corrected chi connectivity index (χ2v) is 7.48. The second-order valence-electron chi connectivity index (χ2n) is 7.48. The first-order valence-corrected chi connectivity index (χ1v) is 10.1. The lowest BCUT2D eigenvalue weighted by atomic mass is 10.0. The molecule has 2 aromatic carbocycles. The Morgan fingerprint density at radius 2 is 1.87 bits per heavy atom. The molecule has 1 aliphatic rings. The van der Waals surface area contributed by atoms with E-state index in [2.05, 4.69) is 10.6 Å². The molecule has 7 heteroatoms. The van der Waals surface area contributed by atoms with Crippen molar-refractivity contribution in [1.29, 1.82) is 0 Å². The van der Waals surface area contributed by atoms with E-state index in [9.17, 15) is 14.7 Å². The summed E-state index contributed by atoms with van der Waals surface area (Å²) in [6.45, 7) is 3.61. The quantitative estimate of drug-likeness (QED) is 0.588. The summed E-state index contributed by atoms with van der Waals surface area (Å²) in [5.74, 6) is -0.395. The van der Waals surface area contributed by atoms with Crippen molar-refractivity contribution in [3.8, 4) is 5.75 Å². The number of phenolic OH excluding ortho intramolecular Hbond substituents is 1. The van der Waals surface area contributed by atoms with Crippen molar-refractivity contribution in [3.63, 3.8) is 0 Å². The molecule has 0 spiro atoms. The summed E-state index contributed by atoms with van der Waals surface area (Å²) in [5.41, 5.74) is 1.25. The normalized spacial score (nSPS) is 17.8. The Morgan fingerprint density at radius 3 is 2.53 bits per heavy atom. The Hall–Kier alpha value is -2.90. The highest BCUT2D eigenvalue weighted by Crippen LogP contribution is 2.18. The van der Waals surface area contributed by atoms with E-state index in [0.717, 1.165) is 12.0 Å². The molecule has 3 N–H and O–H groups in total. The maximum Gasteiger partial charge on any atom is 0.251 e. The Morgan fingerprint density at radius 1 is 1.13 bits per heavy atom. The molecule has 2 aromatic rings. The van der Waals surface area contributed by atoms with Crippen molar-refractivity contribution in [2.45, 2.75) is 38.0 Å². The maximum atomic E-state index is 12.6. The summed E-state index contributed by atoms with van der Waals surface area (Å²) in [7, 11) is 0. The molecule has 160 valence electrons. The average molecular weight is 412 g/mol. The van der Waals surface area contributed by atoms with E-state index in [4.69, 9.17) is 9.47 Å². The van der Waals surface area contributed by atoms with Crippen molar-refractivity contribution in [1.82, 2.24) is 10.6 Å². The minimum absolute atomic E-state index is 0.0888. The molecule has 3 atom stereocenters. The van der Waals surface area contributed by atoms with E-state index in [1.807, 2.05) is 37.3 Å². The Kier molecular flexibility index (Phi) is 7.82. The Labute approximate surface area is 176 Å². The van der Waals surface area contributed by atoms with Crippen LogP contribution in [0.15, 0.2) is 54.6 Å². The first-order chi connectivity index (χ1) is 14.5. The summed E-state index contributed by atoms with van der Waals surface area (Å²) in [6.07, 6.45) is 1.07. The van der Waals surface area contributed by atoms with E-state index in [-0.39, 0.29) is 36.1 Å². The van der Waals surface area contributed by atoms with Gasteiger partial charge in [-0.1, -0.05) is 30.3 Å². The highest BCUT2D eigenvalue weighted by Gasteiger charge is 2.21. The van der Waals surface area contributed by atoms with Gasteiger partial charge in [0.15, 0.2) is 0 Å². The fourth-order valence-corrected chi connectivity index (χ4v) is 3.28. The molecule has 1 aliphatic heterocycles. The minimum Gasteiger partial charge on any atom is -0.508 e. The monoisotopic (exact) mass is 412 g/mol. The fraction of sp³-hybridized carbons (Fsp3) is 0.391. The molecule has 1 saturated heterocycles. The Balaban J connectivity index is 1.58. The van der Waals surface area contributed by atoms with E-state index in [0.29, 0.717) is 25.4 Å². The van der Waals surface area contributed by atoms with Crippen molar-refractivity contribution in [2.75, 3.05) is 19.8 Å². The van der Waals surface area contributed by atoms with Crippen LogP contribution < -0.4 is 10.6 Å². The van der Waals surface area contributed by atoms with Crippen LogP contribution in [0.2, 0.25) is 0 Å². The third-order valence-electron chi connectivity index (χ3n) is 4.90. The standard InChI is InChI=1S/C23H28N2O5/c1-16(14-30-20-11-12-29-15-20)24-22(27)13-21(17-5-3-2-4-6-17)25-23(28)18-7-9-19(26)10-8-18/h2-10,16,20-21,26H,11-15H2,1H3,(H,24,27)(H,25,28). The highest BCUT2D eigenvalue weighted by molar-refractivity contribution is 5.95. The Bertz CT molecular complexity index is 819. The number of carbonyl (C=O) groups is 2. The van der Waals surface area contributed by atoms with Gasteiger partial charge in [-0.3, -0.25) is 9.59 Å². The number of hydrogen-bond donors (Lipinski definition) is 3. The number of benzene rings is 2. The number of carbonyl (C=O) groups excluding carboxylic acids is 2. The first kappa shape index (κ1) is 21.8. The van der Waals surface area contributed by atoms with Gasteiger partial charge in [0.1, 0.15) is 5.75 Å². The second kappa shape index (κ2) is 10.8. The highest BCUT2D eigenvalue weighted by atomic mass is 16.5. The van der Waals surface area contributed by atoms with Crippen LogP contribution in [0.4, 0.5) is 0 Å². The molecule has 7 nitrogen and oxygen atoms in total. The largest absolute Gasteiger partial charge is 0.508 e. The van der Waals surface area contributed by atoms with Crippen molar-refractivity contribution in [2.24, 2.45) is 0 Å². The molecule has 2 amide bonds. The van der Waals surface area contributed by atoms with Crippen LogP contribution in [0.25, 0.3) is 0 Å². The van der Waals surface area contributed by atoms with Gasteiger partial charge in [-0.15, -0.1) is 0 Å². The number of rotatable bonds is 9. The fourth-order valence-electron chi connectivity index (χ4n) is 3.28. The van der Waals surface area contributed by atoms with Gasteiger partial charge in [0.25, 0.3) is 5.91 Å². The summed E-state index contributed by atoms with van der Waals surface area (Å²) in [4.78, 5) is 25.3. The van der Waals surface area contributed by atoms with Gasteiger partial charge < -0.3 is 25.2 Å². The molecule has 1 heterocycles. The van der Waals surface area contributed by atoms with Crippen LogP contribution in [0.5, 0.6) is 5.75 Å². The predicted molar refractivity (Wildman–Crippen MR) is 112 cm³/mol. The topological polar surface area (TPSA) is 96.9 Å². The van der Waals surface area contributed by atoms with Crippen molar-refractivity contribution in [3.05, 3.63) is 65.7 Å². The van der Waals surface area contributed by atoms with Gasteiger partial charge >= 0.3 is 0 Å². The number of hydrogen-bond acceptors (Lipinski definition) is 5. The van der Waals surface area contributed by atoms with Crippen LogP contribution in [0.1, 0.15) is 41.7 Å². The van der Waals surface area contributed by atoms with Gasteiger partial charge in [-0.05, 0) is 43.2 Å². The van der Waals surface area contributed by atoms with Gasteiger partial charge in [-0.25, -0.2) is 0 Å². The van der Waals surface area contributed by atoms with Crippen LogP contribution in [-0.2, 0) is 14.3 Å². The summed E-state index contributed by atoms with van der Waals surface area (Å²) < 4.78 is 11.0. The molecule has 1 fully saturated rings. The zero-order chi connectivity index (χ0) is 21.3. The van der Waals surface area contributed by atoms with E-state index in [1.165, 1.54) is 12.1 Å². The number of phenols is 1. The van der Waals surface area contributed by atoms with Gasteiger partial charge in [0.05, 0.1) is 31.8 Å². The summed E-state index contributed by atoms with van der Waals surface area (Å²) in [6, 6.07) is 14.7. The molecule has 0 radical (unpaired) electrons. The molecule has 3 rings (SSSR count). The molecular formula is C23H28N2O5. The maximum absolute atomic E-state index is 12.6. The average Bonchev–Trinajstić information content (AvgIpc) is 3.26. The first-order valence-electron chi connectivity index (χ1n) is 10.1. The van der Waals surface area contributed by atoms with Crippen LogP contribution >= 0.6 is 0 Å². The van der Waals surface area contributed by atoms with Crippen LogP contribution in [-0.4, -0.2) is 48.9 Å². The van der Waals surface area contributed by atoms with E-state index < -0.39 is 6.04 Å². The minimum atomic E-state index is -0.483. The number of nitrogens with one attached hydrogen (secondary N) is 2. The lowest BCUT2D eigenvalue weighted by Crippen LogP contribution is -2.39. The van der Waals surface area contributed by atoms with Crippen LogP contribution in [0, 0.1) is 0 Å². The molecule has 0 aliphatic carbocycles. The van der Waals surface area contributed by atoms with E-state index >= 15 is 0 Å². The number of ether oxygens (including phenoxy) is 2. The molecule has 0 aromatic heterocycles. The lowest BCUT2D eigenvalue weighted by Gasteiger charge is -2.21. The predicted octanol–water partition coefficient (Wildman–Crippen LogP) is 2.56. The van der Waals surface area contributed by atoms with E-state index in [1.54, 1.807) is 12.1 Å². The van der Waals surface area contributed by atoms with Crippen LogP contribution in [0.3, 0.4) is 0 Å². The smallest absolute Gasteiger partial charge is 0.251 e. The molecule has 30 heavy (non-hydrogen) atoms. The molecule has 3 unspecified atom stereocenters. The zero-order valence-electron chi connectivity index (χ0n) is 17.0. The molecular weight excluding hydrogens is 384 g/mol. The third kappa shape index (κ3) is 6.57. The molecule has 0 saturated carbocycles. The lowest BCUT2D eigenvalue weighted by molar-refractivity contribution is -0.122. The number of amides is 2. The van der Waals surface area contributed by atoms with Crippen molar-refractivity contribution >= 4 is 11.8 Å². The van der Waals surface area contributed by atoms with Gasteiger partial charge in [0.2, 0.25) is 5.91 Å². The van der Waals surface area contributed by atoms with Crippen molar-refractivity contribution < 1.29 is 24.2 Å².